The molecule has 1 aromatic rings. The number of nitrogens with two attached hydrogens (primary N) is 1. The number of nitrogen functional groups attached to an aromatic ring is 1. The minimum atomic E-state index is -3.47. The van der Waals surface area contributed by atoms with E-state index in [9.17, 15) is 8.42 Å². The molecule has 0 aliphatic rings. The van der Waals surface area contributed by atoms with Crippen LogP contribution in [0.2, 0.25) is 0 Å². The van der Waals surface area contributed by atoms with E-state index in [4.69, 9.17) is 10.5 Å². The lowest BCUT2D eigenvalue weighted by Gasteiger charge is -2.17. The molecule has 114 valence electrons. The van der Waals surface area contributed by atoms with Crippen LogP contribution in [0.15, 0.2) is 23.1 Å². The van der Waals surface area contributed by atoms with Crippen molar-refractivity contribution in [1.82, 2.24) is 4.72 Å². The van der Waals surface area contributed by atoms with Crippen LogP contribution < -0.4 is 15.8 Å². The first kappa shape index (κ1) is 16.7. The van der Waals surface area contributed by atoms with Crippen LogP contribution >= 0.6 is 0 Å². The summed E-state index contributed by atoms with van der Waals surface area (Å²) >= 11 is 0. The van der Waals surface area contributed by atoms with Gasteiger partial charge in [0, 0.05) is 26.3 Å². The maximum absolute atomic E-state index is 12.0. The lowest BCUT2D eigenvalue weighted by Crippen LogP contribution is -2.24. The molecule has 1 rings (SSSR count). The minimum absolute atomic E-state index is 0.134. The third-order valence-electron chi connectivity index (χ3n) is 2.83. The molecule has 0 bridgehead atoms. The smallest absolute Gasteiger partial charge is 0.240 e. The number of methoxy groups -OCH3 is 1. The molecule has 6 nitrogen and oxygen atoms in total. The van der Waals surface area contributed by atoms with Gasteiger partial charge in [0.25, 0.3) is 0 Å². The first-order valence-corrected chi connectivity index (χ1v) is 8.03. The highest BCUT2D eigenvalue weighted by molar-refractivity contribution is 7.89. The van der Waals surface area contributed by atoms with E-state index in [1.807, 2.05) is 6.92 Å². The van der Waals surface area contributed by atoms with Gasteiger partial charge >= 0.3 is 0 Å². The molecule has 0 heterocycles. The highest BCUT2D eigenvalue weighted by Crippen LogP contribution is 2.23. The van der Waals surface area contributed by atoms with Crippen molar-refractivity contribution < 1.29 is 13.2 Å². The van der Waals surface area contributed by atoms with Gasteiger partial charge in [0.05, 0.1) is 16.3 Å². The summed E-state index contributed by atoms with van der Waals surface area (Å²) in [6.07, 6.45) is 0.806. The molecule has 1 aromatic carbocycles. The molecule has 7 heteroatoms. The van der Waals surface area contributed by atoms with Gasteiger partial charge in [-0.3, -0.25) is 0 Å². The summed E-state index contributed by atoms with van der Waals surface area (Å²) in [4.78, 5) is 0.204. The van der Waals surface area contributed by atoms with Crippen LogP contribution in [0, 0.1) is 0 Å². The van der Waals surface area contributed by atoms with E-state index >= 15 is 0 Å². The summed E-state index contributed by atoms with van der Waals surface area (Å²) in [6, 6.07) is 4.78. The summed E-state index contributed by atoms with van der Waals surface area (Å²) in [6.45, 7) is 4.70. The predicted octanol–water partition coefficient (Wildman–Crippen LogP) is 1.40. The van der Waals surface area contributed by atoms with E-state index < -0.39 is 10.0 Å². The molecule has 20 heavy (non-hydrogen) atoms. The monoisotopic (exact) mass is 301 g/mol. The summed E-state index contributed by atoms with van der Waals surface area (Å²) in [7, 11) is -1.83. The Morgan fingerprint density at radius 1 is 1.40 bits per heavy atom. The van der Waals surface area contributed by atoms with Crippen LogP contribution in [0.3, 0.4) is 0 Å². The lowest BCUT2D eigenvalue weighted by atomic mass is 10.2. The molecule has 0 saturated heterocycles. The zero-order valence-electron chi connectivity index (χ0n) is 12.1. The molecule has 4 N–H and O–H groups in total. The van der Waals surface area contributed by atoms with Crippen LogP contribution in [-0.4, -0.2) is 34.7 Å². The number of hydrogen-bond acceptors (Lipinski definition) is 5. The molecular formula is C13H23N3O3S. The molecule has 0 saturated carbocycles. The number of ether oxygens (including phenoxy) is 1. The molecule has 0 spiro atoms. The Kier molecular flexibility index (Phi) is 6.25. The van der Waals surface area contributed by atoms with Crippen molar-refractivity contribution in [3.63, 3.8) is 0 Å². The Morgan fingerprint density at radius 3 is 2.70 bits per heavy atom. The fraction of sp³-hybridized carbons (Fsp3) is 0.538. The summed E-state index contributed by atoms with van der Waals surface area (Å²) in [5.74, 6) is 0. The molecule has 0 amide bonds. The van der Waals surface area contributed by atoms with Gasteiger partial charge in [-0.15, -0.1) is 0 Å². The zero-order valence-corrected chi connectivity index (χ0v) is 13.0. The summed E-state index contributed by atoms with van der Waals surface area (Å²) in [5, 5.41) is 3.20. The number of hydrogen-bond donors (Lipinski definition) is 3. The predicted molar refractivity (Wildman–Crippen MR) is 81.3 cm³/mol. The SMILES string of the molecule is CCNS(=O)(=O)c1ccc(N)c(NC(C)CCOC)c1. The van der Waals surface area contributed by atoms with E-state index in [-0.39, 0.29) is 10.9 Å². The largest absolute Gasteiger partial charge is 0.397 e. The average Bonchev–Trinajstić information content (AvgIpc) is 2.38. The van der Waals surface area contributed by atoms with Gasteiger partial charge in [-0.1, -0.05) is 6.92 Å². The maximum atomic E-state index is 12.0. The van der Waals surface area contributed by atoms with Crippen molar-refractivity contribution in [2.75, 3.05) is 31.3 Å². The molecular weight excluding hydrogens is 278 g/mol. The van der Waals surface area contributed by atoms with Crippen LogP contribution in [0.5, 0.6) is 0 Å². The Labute approximate surface area is 120 Å². The molecule has 1 atom stereocenters. The average molecular weight is 301 g/mol. The topological polar surface area (TPSA) is 93.5 Å². The number of sulfonamides is 1. The summed E-state index contributed by atoms with van der Waals surface area (Å²) in [5.41, 5.74) is 7.01. The van der Waals surface area contributed by atoms with Crippen molar-refractivity contribution in [1.29, 1.82) is 0 Å². The highest BCUT2D eigenvalue weighted by atomic mass is 32.2. The van der Waals surface area contributed by atoms with Crippen molar-refractivity contribution in [2.45, 2.75) is 31.2 Å². The van der Waals surface area contributed by atoms with Crippen LogP contribution in [0.1, 0.15) is 20.3 Å². The number of rotatable bonds is 8. The van der Waals surface area contributed by atoms with Gasteiger partial charge in [0.15, 0.2) is 0 Å². The van der Waals surface area contributed by atoms with Crippen LogP contribution in [-0.2, 0) is 14.8 Å². The van der Waals surface area contributed by atoms with Gasteiger partial charge in [-0.25, -0.2) is 13.1 Å². The second kappa shape index (κ2) is 7.47. The quantitative estimate of drug-likeness (QED) is 0.631. The van der Waals surface area contributed by atoms with Crippen LogP contribution in [0.25, 0.3) is 0 Å². The molecule has 0 radical (unpaired) electrons. The van der Waals surface area contributed by atoms with E-state index in [1.54, 1.807) is 26.2 Å². The third kappa shape index (κ3) is 4.66. The van der Waals surface area contributed by atoms with Crippen molar-refractivity contribution in [2.24, 2.45) is 0 Å². The minimum Gasteiger partial charge on any atom is -0.397 e. The third-order valence-corrected chi connectivity index (χ3v) is 4.37. The lowest BCUT2D eigenvalue weighted by molar-refractivity contribution is 0.191. The number of benzene rings is 1. The van der Waals surface area contributed by atoms with E-state index in [1.165, 1.54) is 6.07 Å². The second-order valence-corrected chi connectivity index (χ2v) is 6.34. The molecule has 0 fully saturated rings. The van der Waals surface area contributed by atoms with Crippen molar-refractivity contribution >= 4 is 21.4 Å². The molecule has 0 aliphatic carbocycles. The second-order valence-electron chi connectivity index (χ2n) is 4.58. The fourth-order valence-corrected chi connectivity index (χ4v) is 2.80. The van der Waals surface area contributed by atoms with Gasteiger partial charge in [-0.2, -0.15) is 0 Å². The highest BCUT2D eigenvalue weighted by Gasteiger charge is 2.15. The normalized spacial score (nSPS) is 13.2. The first-order chi connectivity index (χ1) is 9.40. The molecule has 1 unspecified atom stereocenters. The molecule has 0 aliphatic heterocycles. The van der Waals surface area contributed by atoms with Gasteiger partial charge in [-0.05, 0) is 31.5 Å². The van der Waals surface area contributed by atoms with Crippen LogP contribution in [0.4, 0.5) is 11.4 Å². The summed E-state index contributed by atoms with van der Waals surface area (Å²) < 4.78 is 31.4. The van der Waals surface area contributed by atoms with Crippen molar-refractivity contribution in [3.05, 3.63) is 18.2 Å². The number of anilines is 2. The van der Waals surface area contributed by atoms with Gasteiger partial charge in [0.2, 0.25) is 10.0 Å². The van der Waals surface area contributed by atoms with E-state index in [0.29, 0.717) is 24.5 Å². The standard InChI is InChI=1S/C13H23N3O3S/c1-4-15-20(17,18)11-5-6-12(14)13(9-11)16-10(2)7-8-19-3/h5-6,9-10,15-16H,4,7-8,14H2,1-3H3. The van der Waals surface area contributed by atoms with Gasteiger partial charge in [0.1, 0.15) is 0 Å². The Bertz CT molecular complexity index is 532. The Morgan fingerprint density at radius 2 is 2.10 bits per heavy atom. The first-order valence-electron chi connectivity index (χ1n) is 6.55. The number of nitrogens with one attached hydrogen (secondary N) is 2. The zero-order chi connectivity index (χ0) is 15.2. The Hall–Kier alpha value is -1.31. The van der Waals surface area contributed by atoms with E-state index in [0.717, 1.165) is 6.42 Å². The maximum Gasteiger partial charge on any atom is 0.240 e. The fourth-order valence-electron chi connectivity index (χ4n) is 1.73. The molecule has 0 aromatic heterocycles. The van der Waals surface area contributed by atoms with Gasteiger partial charge < -0.3 is 15.8 Å². The Balaban J connectivity index is 2.92. The van der Waals surface area contributed by atoms with Crippen molar-refractivity contribution in [3.8, 4) is 0 Å². The van der Waals surface area contributed by atoms with E-state index in [2.05, 4.69) is 10.0 Å².